The standard InChI is InChI=1S/C20H26N2.2ClH/c1-15-9-10-19(18-8-3-2-7-17(15)18)20(16-5-4-6-16)22-13-11-21-12-14-22;;/h2-3,7-10,16,20-21H,4-6,11-14H2,1H3;2*1H/t20-;;/m1../s1. The number of benzene rings is 2. The topological polar surface area (TPSA) is 15.3 Å². The van der Waals surface area contributed by atoms with Gasteiger partial charge in [0.2, 0.25) is 0 Å². The number of piperazine rings is 1. The summed E-state index contributed by atoms with van der Waals surface area (Å²) >= 11 is 0. The average molecular weight is 367 g/mol. The first-order valence-electron chi connectivity index (χ1n) is 8.77. The SMILES string of the molecule is Cc1ccc([C@@H](C2CCC2)N2CCNCC2)c2ccccc12.Cl.Cl. The van der Waals surface area contributed by atoms with Crippen LogP contribution in [0.15, 0.2) is 36.4 Å². The van der Waals surface area contributed by atoms with Crippen LogP contribution in [-0.2, 0) is 0 Å². The lowest BCUT2D eigenvalue weighted by Gasteiger charge is -2.43. The van der Waals surface area contributed by atoms with Gasteiger partial charge in [0, 0.05) is 32.2 Å². The largest absolute Gasteiger partial charge is 0.314 e. The van der Waals surface area contributed by atoms with Crippen LogP contribution in [0.25, 0.3) is 10.8 Å². The summed E-state index contributed by atoms with van der Waals surface area (Å²) in [6.07, 6.45) is 4.21. The third kappa shape index (κ3) is 3.57. The van der Waals surface area contributed by atoms with E-state index in [1.165, 1.54) is 48.7 Å². The van der Waals surface area contributed by atoms with Crippen molar-refractivity contribution in [1.29, 1.82) is 0 Å². The van der Waals surface area contributed by atoms with E-state index in [0.717, 1.165) is 19.0 Å². The van der Waals surface area contributed by atoms with Gasteiger partial charge in [0.15, 0.2) is 0 Å². The lowest BCUT2D eigenvalue weighted by molar-refractivity contribution is 0.0846. The van der Waals surface area contributed by atoms with E-state index in [9.17, 15) is 0 Å². The molecule has 1 aliphatic heterocycles. The maximum Gasteiger partial charge on any atom is 0.0383 e. The smallest absolute Gasteiger partial charge is 0.0383 e. The Morgan fingerprint density at radius 1 is 0.958 bits per heavy atom. The minimum absolute atomic E-state index is 0. The van der Waals surface area contributed by atoms with Gasteiger partial charge in [-0.25, -0.2) is 0 Å². The average Bonchev–Trinajstić information content (AvgIpc) is 2.53. The van der Waals surface area contributed by atoms with Crippen molar-refractivity contribution in [3.63, 3.8) is 0 Å². The van der Waals surface area contributed by atoms with Gasteiger partial charge in [-0.3, -0.25) is 4.90 Å². The Morgan fingerprint density at radius 3 is 2.25 bits per heavy atom. The molecule has 1 heterocycles. The van der Waals surface area contributed by atoms with Crippen molar-refractivity contribution >= 4 is 35.6 Å². The molecule has 1 aliphatic carbocycles. The number of hydrogen-bond acceptors (Lipinski definition) is 2. The van der Waals surface area contributed by atoms with E-state index in [2.05, 4.69) is 53.5 Å². The Balaban J connectivity index is 0.00000104. The summed E-state index contributed by atoms with van der Waals surface area (Å²) in [4.78, 5) is 2.73. The number of aryl methyl sites for hydroxylation is 1. The number of nitrogens with one attached hydrogen (secondary N) is 1. The molecule has 0 radical (unpaired) electrons. The predicted molar refractivity (Wildman–Crippen MR) is 108 cm³/mol. The molecule has 0 bridgehead atoms. The van der Waals surface area contributed by atoms with Crippen molar-refractivity contribution < 1.29 is 0 Å². The third-order valence-electron chi connectivity index (χ3n) is 5.64. The summed E-state index contributed by atoms with van der Waals surface area (Å²) in [6.45, 7) is 6.86. The molecule has 0 amide bonds. The first-order valence-corrected chi connectivity index (χ1v) is 8.77. The van der Waals surface area contributed by atoms with E-state index in [1.807, 2.05) is 0 Å². The molecule has 0 spiro atoms. The molecule has 1 saturated carbocycles. The van der Waals surface area contributed by atoms with Crippen LogP contribution in [0.3, 0.4) is 0 Å². The number of halogens is 2. The molecule has 2 aliphatic rings. The van der Waals surface area contributed by atoms with Crippen molar-refractivity contribution in [1.82, 2.24) is 10.2 Å². The first kappa shape index (κ1) is 19.5. The molecule has 0 aromatic heterocycles. The van der Waals surface area contributed by atoms with Crippen molar-refractivity contribution in [2.45, 2.75) is 32.2 Å². The van der Waals surface area contributed by atoms with Gasteiger partial charge in [-0.05, 0) is 47.6 Å². The summed E-state index contributed by atoms with van der Waals surface area (Å²) in [5.74, 6) is 0.851. The third-order valence-corrected chi connectivity index (χ3v) is 5.64. The van der Waals surface area contributed by atoms with Crippen LogP contribution >= 0.6 is 24.8 Å². The van der Waals surface area contributed by atoms with Gasteiger partial charge in [-0.1, -0.05) is 42.8 Å². The Kier molecular flexibility index (Phi) is 6.94. The van der Waals surface area contributed by atoms with E-state index in [4.69, 9.17) is 0 Å². The van der Waals surface area contributed by atoms with E-state index in [1.54, 1.807) is 5.56 Å². The number of fused-ring (bicyclic) bond motifs is 1. The van der Waals surface area contributed by atoms with Crippen LogP contribution in [0.4, 0.5) is 0 Å². The van der Waals surface area contributed by atoms with Gasteiger partial charge in [0.05, 0.1) is 0 Å². The number of nitrogens with zero attached hydrogens (tertiary/aromatic N) is 1. The van der Waals surface area contributed by atoms with Crippen molar-refractivity contribution in [3.8, 4) is 0 Å². The highest BCUT2D eigenvalue weighted by molar-refractivity contribution is 5.89. The summed E-state index contributed by atoms with van der Waals surface area (Å²) < 4.78 is 0. The zero-order valence-electron chi connectivity index (χ0n) is 14.3. The maximum absolute atomic E-state index is 3.50. The fourth-order valence-electron chi connectivity index (χ4n) is 4.20. The normalized spacial score (nSPS) is 19.9. The highest BCUT2D eigenvalue weighted by Gasteiger charge is 2.34. The van der Waals surface area contributed by atoms with Gasteiger partial charge in [0.25, 0.3) is 0 Å². The zero-order valence-corrected chi connectivity index (χ0v) is 16.0. The van der Waals surface area contributed by atoms with E-state index >= 15 is 0 Å². The Labute approximate surface area is 157 Å². The molecule has 2 aromatic rings. The second kappa shape index (κ2) is 8.53. The molecule has 1 saturated heterocycles. The van der Waals surface area contributed by atoms with Crippen LogP contribution in [0.1, 0.15) is 36.4 Å². The predicted octanol–water partition coefficient (Wildman–Crippen LogP) is 4.74. The second-order valence-corrected chi connectivity index (χ2v) is 6.94. The minimum Gasteiger partial charge on any atom is -0.314 e. The molecule has 4 rings (SSSR count). The molecule has 24 heavy (non-hydrogen) atoms. The molecule has 2 nitrogen and oxygen atoms in total. The highest BCUT2D eigenvalue weighted by Crippen LogP contribution is 2.43. The monoisotopic (exact) mass is 366 g/mol. The zero-order chi connectivity index (χ0) is 14.9. The summed E-state index contributed by atoms with van der Waals surface area (Å²) in [5, 5.41) is 6.40. The maximum atomic E-state index is 3.50. The molecule has 0 unspecified atom stereocenters. The number of hydrogen-bond donors (Lipinski definition) is 1. The van der Waals surface area contributed by atoms with Gasteiger partial charge in [-0.2, -0.15) is 0 Å². The van der Waals surface area contributed by atoms with Crippen molar-refractivity contribution in [3.05, 3.63) is 47.5 Å². The van der Waals surface area contributed by atoms with Gasteiger partial charge in [-0.15, -0.1) is 24.8 Å². The molecule has 1 N–H and O–H groups in total. The van der Waals surface area contributed by atoms with Crippen molar-refractivity contribution in [2.75, 3.05) is 26.2 Å². The molecule has 1 atom stereocenters. The quantitative estimate of drug-likeness (QED) is 0.843. The van der Waals surface area contributed by atoms with Crippen LogP contribution in [0.5, 0.6) is 0 Å². The van der Waals surface area contributed by atoms with Gasteiger partial charge >= 0.3 is 0 Å². The summed E-state index contributed by atoms with van der Waals surface area (Å²) in [5.41, 5.74) is 2.96. The first-order chi connectivity index (χ1) is 10.8. The molecule has 2 fully saturated rings. The second-order valence-electron chi connectivity index (χ2n) is 6.94. The molecule has 2 aromatic carbocycles. The molecule has 132 valence electrons. The van der Waals surface area contributed by atoms with Crippen molar-refractivity contribution in [2.24, 2.45) is 5.92 Å². The lowest BCUT2D eigenvalue weighted by atomic mass is 9.75. The van der Waals surface area contributed by atoms with Gasteiger partial charge < -0.3 is 5.32 Å². The molecular weight excluding hydrogens is 339 g/mol. The fraction of sp³-hybridized carbons (Fsp3) is 0.500. The molecule has 4 heteroatoms. The fourth-order valence-corrected chi connectivity index (χ4v) is 4.20. The van der Waals surface area contributed by atoms with E-state index in [0.29, 0.717) is 6.04 Å². The Hall–Kier alpha value is -0.800. The Bertz CT molecular complexity index is 664. The van der Waals surface area contributed by atoms with E-state index < -0.39 is 0 Å². The van der Waals surface area contributed by atoms with Gasteiger partial charge in [0.1, 0.15) is 0 Å². The molecular formula is C20H28Cl2N2. The van der Waals surface area contributed by atoms with Crippen LogP contribution in [0, 0.1) is 12.8 Å². The van der Waals surface area contributed by atoms with E-state index in [-0.39, 0.29) is 24.8 Å². The van der Waals surface area contributed by atoms with Crippen LogP contribution < -0.4 is 5.32 Å². The highest BCUT2D eigenvalue weighted by atomic mass is 35.5. The number of rotatable bonds is 3. The summed E-state index contributed by atoms with van der Waals surface area (Å²) in [6, 6.07) is 14.3. The lowest BCUT2D eigenvalue weighted by Crippen LogP contribution is -2.47. The van der Waals surface area contributed by atoms with Crippen LogP contribution in [0.2, 0.25) is 0 Å². The van der Waals surface area contributed by atoms with Crippen LogP contribution in [-0.4, -0.2) is 31.1 Å². The Morgan fingerprint density at radius 2 is 1.62 bits per heavy atom. The summed E-state index contributed by atoms with van der Waals surface area (Å²) in [7, 11) is 0. The minimum atomic E-state index is 0.